The molecule has 0 fully saturated rings. The van der Waals surface area contributed by atoms with Gasteiger partial charge in [-0.15, -0.1) is 0 Å². The van der Waals surface area contributed by atoms with Crippen molar-refractivity contribution < 1.29 is 0 Å². The van der Waals surface area contributed by atoms with Crippen molar-refractivity contribution in [1.29, 1.82) is 0 Å². The topological polar surface area (TPSA) is 77.3 Å². The second-order valence-corrected chi connectivity index (χ2v) is 6.58. The lowest BCUT2D eigenvalue weighted by molar-refractivity contribution is 1.16. The van der Waals surface area contributed by atoms with Gasteiger partial charge in [0.05, 0.1) is 34.2 Å². The lowest BCUT2D eigenvalue weighted by atomic mass is 10.1. The monoisotopic (exact) mass is 388 g/mol. The zero-order valence-electron chi connectivity index (χ0n) is 15.9. The molecule has 0 aliphatic heterocycles. The average Bonchev–Trinajstić information content (AvgIpc) is 2.85. The van der Waals surface area contributed by atoms with Crippen LogP contribution in [0.3, 0.4) is 0 Å². The van der Waals surface area contributed by atoms with Crippen LogP contribution >= 0.6 is 0 Å². The summed E-state index contributed by atoms with van der Waals surface area (Å²) in [5, 5.41) is 0. The lowest BCUT2D eigenvalue weighted by Crippen LogP contribution is -1.92. The Kier molecular flexibility index (Phi) is 4.72. The van der Waals surface area contributed by atoms with Gasteiger partial charge in [0.15, 0.2) is 0 Å². The second kappa shape index (κ2) is 7.97. The van der Waals surface area contributed by atoms with Crippen LogP contribution in [0, 0.1) is 0 Å². The van der Waals surface area contributed by atoms with Crippen LogP contribution < -0.4 is 0 Å². The molecule has 0 unspecified atom stereocenters. The molecule has 0 N–H and O–H groups in total. The zero-order chi connectivity index (χ0) is 20.2. The van der Waals surface area contributed by atoms with Crippen LogP contribution in [0.5, 0.6) is 0 Å². The first kappa shape index (κ1) is 17.8. The number of hydrogen-bond acceptors (Lipinski definition) is 6. The number of aromatic nitrogens is 6. The maximum atomic E-state index is 4.53. The largest absolute Gasteiger partial charge is 0.255 e. The summed E-state index contributed by atoms with van der Waals surface area (Å²) in [5.41, 5.74) is 6.75. The van der Waals surface area contributed by atoms with Crippen molar-refractivity contribution in [3.8, 4) is 45.3 Å². The van der Waals surface area contributed by atoms with Gasteiger partial charge in [0.2, 0.25) is 0 Å². The number of nitrogens with zero attached hydrogens (tertiary/aromatic N) is 6. The maximum Gasteiger partial charge on any atom is 0.116 e. The first-order valence-corrected chi connectivity index (χ1v) is 9.44. The molecule has 0 amide bonds. The van der Waals surface area contributed by atoms with Crippen LogP contribution in [-0.4, -0.2) is 29.9 Å². The van der Waals surface area contributed by atoms with Crippen LogP contribution in [-0.2, 0) is 0 Å². The fraction of sp³-hybridized carbons (Fsp3) is 0. The summed E-state index contributed by atoms with van der Waals surface area (Å²) in [4.78, 5) is 26.5. The van der Waals surface area contributed by atoms with Crippen LogP contribution in [0.15, 0.2) is 97.8 Å². The molecule has 6 heteroatoms. The van der Waals surface area contributed by atoms with Crippen molar-refractivity contribution in [2.45, 2.75) is 0 Å². The van der Waals surface area contributed by atoms with Crippen molar-refractivity contribution in [2.75, 3.05) is 0 Å². The Morgan fingerprint density at radius 1 is 0.400 bits per heavy atom. The van der Waals surface area contributed by atoms with E-state index in [9.17, 15) is 0 Å². The Bertz CT molecular complexity index is 1160. The molecule has 0 saturated heterocycles. The van der Waals surface area contributed by atoms with Crippen molar-refractivity contribution in [1.82, 2.24) is 29.9 Å². The number of pyridine rings is 4. The molecule has 5 aromatic rings. The summed E-state index contributed by atoms with van der Waals surface area (Å²) >= 11 is 0. The van der Waals surface area contributed by atoms with E-state index in [0.29, 0.717) is 0 Å². The minimum Gasteiger partial charge on any atom is -0.255 e. The van der Waals surface area contributed by atoms with Crippen molar-refractivity contribution >= 4 is 0 Å². The summed E-state index contributed by atoms with van der Waals surface area (Å²) < 4.78 is 0. The third-order valence-electron chi connectivity index (χ3n) is 4.64. The summed E-state index contributed by atoms with van der Waals surface area (Å²) in [6.07, 6.45) is 8.69. The van der Waals surface area contributed by atoms with E-state index >= 15 is 0 Å². The molecule has 0 spiro atoms. The number of hydrogen-bond donors (Lipinski definition) is 0. The standard InChI is InChI=1S/C24H16N6/c1-3-11-25-19(5-1)21-9-7-17(14-27-21)23-13-24(30-16-29-23)18-8-10-22(28-15-18)20-6-2-4-12-26-20/h1-16H. The third-order valence-corrected chi connectivity index (χ3v) is 4.64. The quantitative estimate of drug-likeness (QED) is 0.443. The molecule has 0 aliphatic rings. The SMILES string of the molecule is c1ccc(-c2ccc(-c3cc(-c4ccc(-c5ccccn5)nc4)ncn3)cn2)nc1. The van der Waals surface area contributed by atoms with E-state index in [1.165, 1.54) is 0 Å². The van der Waals surface area contributed by atoms with Gasteiger partial charge in [0.1, 0.15) is 6.33 Å². The molecule has 30 heavy (non-hydrogen) atoms. The predicted octanol–water partition coefficient (Wildman–Crippen LogP) is 4.72. The molecule has 0 radical (unpaired) electrons. The summed E-state index contributed by atoms with van der Waals surface area (Å²) in [6.45, 7) is 0. The lowest BCUT2D eigenvalue weighted by Gasteiger charge is -2.06. The highest BCUT2D eigenvalue weighted by Gasteiger charge is 2.08. The van der Waals surface area contributed by atoms with Gasteiger partial charge < -0.3 is 0 Å². The molecule has 0 aromatic carbocycles. The third kappa shape index (κ3) is 3.66. The van der Waals surface area contributed by atoms with Gasteiger partial charge in [-0.3, -0.25) is 19.9 Å². The molecule has 6 nitrogen and oxygen atoms in total. The molecule has 0 bridgehead atoms. The molecular weight excluding hydrogens is 372 g/mol. The van der Waals surface area contributed by atoms with E-state index in [4.69, 9.17) is 0 Å². The Morgan fingerprint density at radius 3 is 1.30 bits per heavy atom. The Balaban J connectivity index is 1.42. The minimum absolute atomic E-state index is 0.800. The van der Waals surface area contributed by atoms with E-state index in [0.717, 1.165) is 45.3 Å². The van der Waals surface area contributed by atoms with E-state index < -0.39 is 0 Å². The van der Waals surface area contributed by atoms with Gasteiger partial charge in [-0.25, -0.2) is 9.97 Å². The van der Waals surface area contributed by atoms with E-state index in [-0.39, 0.29) is 0 Å². The molecule has 142 valence electrons. The van der Waals surface area contributed by atoms with Crippen LogP contribution in [0.2, 0.25) is 0 Å². The van der Waals surface area contributed by atoms with Gasteiger partial charge in [0, 0.05) is 35.9 Å². The van der Waals surface area contributed by atoms with Crippen molar-refractivity contribution in [2.24, 2.45) is 0 Å². The molecule has 0 atom stereocenters. The average molecular weight is 388 g/mol. The Labute approximate surface area is 173 Å². The Hall–Kier alpha value is -4.32. The molecule has 0 aliphatic carbocycles. The highest BCUT2D eigenvalue weighted by atomic mass is 14.8. The van der Waals surface area contributed by atoms with Gasteiger partial charge in [-0.2, -0.15) is 0 Å². The first-order chi connectivity index (χ1) is 14.9. The zero-order valence-corrected chi connectivity index (χ0v) is 15.9. The normalized spacial score (nSPS) is 10.7. The van der Waals surface area contributed by atoms with Gasteiger partial charge in [-0.05, 0) is 54.6 Å². The summed E-state index contributed by atoms with van der Waals surface area (Å²) in [5.74, 6) is 0. The predicted molar refractivity (Wildman–Crippen MR) is 115 cm³/mol. The molecule has 0 saturated carbocycles. The highest BCUT2D eigenvalue weighted by molar-refractivity contribution is 5.69. The highest BCUT2D eigenvalue weighted by Crippen LogP contribution is 2.24. The van der Waals surface area contributed by atoms with Gasteiger partial charge in [0.25, 0.3) is 0 Å². The van der Waals surface area contributed by atoms with Gasteiger partial charge >= 0.3 is 0 Å². The van der Waals surface area contributed by atoms with Crippen molar-refractivity contribution in [3.05, 3.63) is 97.8 Å². The van der Waals surface area contributed by atoms with Crippen LogP contribution in [0.25, 0.3) is 45.3 Å². The van der Waals surface area contributed by atoms with Crippen LogP contribution in [0.4, 0.5) is 0 Å². The smallest absolute Gasteiger partial charge is 0.116 e. The fourth-order valence-electron chi connectivity index (χ4n) is 3.10. The first-order valence-electron chi connectivity index (χ1n) is 9.44. The van der Waals surface area contributed by atoms with Crippen molar-refractivity contribution in [3.63, 3.8) is 0 Å². The summed E-state index contributed by atoms with van der Waals surface area (Å²) in [7, 11) is 0. The summed E-state index contributed by atoms with van der Waals surface area (Å²) in [6, 6.07) is 21.4. The van der Waals surface area contributed by atoms with E-state index in [1.54, 1.807) is 31.1 Å². The van der Waals surface area contributed by atoms with Crippen LogP contribution in [0.1, 0.15) is 0 Å². The second-order valence-electron chi connectivity index (χ2n) is 6.58. The maximum absolute atomic E-state index is 4.53. The van der Waals surface area contributed by atoms with E-state index in [2.05, 4.69) is 29.9 Å². The Morgan fingerprint density at radius 2 is 0.900 bits per heavy atom. The molecular formula is C24H16N6. The molecule has 5 aromatic heterocycles. The molecule has 5 rings (SSSR count). The number of rotatable bonds is 4. The van der Waals surface area contributed by atoms with E-state index in [1.807, 2.05) is 66.7 Å². The van der Waals surface area contributed by atoms with Gasteiger partial charge in [-0.1, -0.05) is 12.1 Å². The molecule has 5 heterocycles. The fourth-order valence-corrected chi connectivity index (χ4v) is 3.10. The minimum atomic E-state index is 0.800.